The largest absolute Gasteiger partial charge is 0.503 e. The van der Waals surface area contributed by atoms with Crippen molar-refractivity contribution in [2.45, 2.75) is 33.7 Å². The Morgan fingerprint density at radius 1 is 0.921 bits per heavy atom. The van der Waals surface area contributed by atoms with Crippen molar-refractivity contribution < 1.29 is 24.2 Å². The zero-order chi connectivity index (χ0) is 27.1. The summed E-state index contributed by atoms with van der Waals surface area (Å²) in [5.74, 6) is -0.981. The van der Waals surface area contributed by atoms with E-state index in [9.17, 15) is 19.5 Å². The van der Waals surface area contributed by atoms with Gasteiger partial charge >= 0.3 is 0 Å². The van der Waals surface area contributed by atoms with E-state index in [1.54, 1.807) is 45.0 Å². The number of anilines is 1. The van der Waals surface area contributed by atoms with Crippen molar-refractivity contribution in [2.75, 3.05) is 4.90 Å². The van der Waals surface area contributed by atoms with Crippen LogP contribution in [0, 0.1) is 20.8 Å². The molecule has 0 fully saturated rings. The van der Waals surface area contributed by atoms with E-state index in [1.807, 2.05) is 30.3 Å². The highest BCUT2D eigenvalue weighted by atomic mass is 32.1. The fourth-order valence-corrected chi connectivity index (χ4v) is 6.26. The van der Waals surface area contributed by atoms with E-state index in [-0.39, 0.29) is 16.5 Å². The van der Waals surface area contributed by atoms with Gasteiger partial charge in [0.15, 0.2) is 16.7 Å². The molecule has 1 unspecified atom stereocenters. The van der Waals surface area contributed by atoms with Gasteiger partial charge in [0.2, 0.25) is 5.78 Å². The van der Waals surface area contributed by atoms with Gasteiger partial charge in [-0.1, -0.05) is 41.7 Å². The van der Waals surface area contributed by atoms with E-state index in [1.165, 1.54) is 23.2 Å². The molecule has 5 rings (SSSR count). The lowest BCUT2D eigenvalue weighted by Gasteiger charge is -2.25. The maximum atomic E-state index is 13.8. The van der Waals surface area contributed by atoms with Crippen molar-refractivity contribution in [3.8, 4) is 11.5 Å². The summed E-state index contributed by atoms with van der Waals surface area (Å²) in [6.07, 6.45) is 0. The van der Waals surface area contributed by atoms with Crippen LogP contribution in [-0.2, 0) is 4.79 Å². The number of amides is 1. The molecule has 38 heavy (non-hydrogen) atoms. The van der Waals surface area contributed by atoms with Crippen LogP contribution in [0.1, 0.15) is 54.3 Å². The number of carbonyl (C=O) groups is 3. The number of hydrogen-bond acceptors (Lipinski definition) is 9. The normalized spacial score (nSPS) is 15.3. The summed E-state index contributed by atoms with van der Waals surface area (Å²) in [4.78, 5) is 50.3. The standard InChI is InChI=1S/C28H23N3O5S2/c1-14-25(16(3)32)38-28(30-14)31-22(18-9-8-12-20(13-18)36-19-10-6-5-7-11-19)21(24(34)27(31)35)23(33)26-15(2)29-17(4)37-26/h5-13,22,34H,1-4H3. The average Bonchev–Trinajstić information content (AvgIpc) is 3.52. The molecule has 10 heteroatoms. The van der Waals surface area contributed by atoms with E-state index in [0.29, 0.717) is 43.2 Å². The highest BCUT2D eigenvalue weighted by Gasteiger charge is 2.46. The number of para-hydroxylation sites is 1. The number of ketones is 2. The van der Waals surface area contributed by atoms with Crippen molar-refractivity contribution >= 4 is 45.3 Å². The molecule has 1 atom stereocenters. The number of aryl methyl sites for hydroxylation is 3. The Labute approximate surface area is 226 Å². The predicted molar refractivity (Wildman–Crippen MR) is 146 cm³/mol. The second-order valence-corrected chi connectivity index (χ2v) is 11.0. The molecule has 2 aromatic carbocycles. The Morgan fingerprint density at radius 2 is 1.61 bits per heavy atom. The second kappa shape index (κ2) is 9.96. The molecule has 0 radical (unpaired) electrons. The van der Waals surface area contributed by atoms with Crippen molar-refractivity contribution in [1.29, 1.82) is 0 Å². The van der Waals surface area contributed by atoms with E-state index in [4.69, 9.17) is 4.74 Å². The van der Waals surface area contributed by atoms with Gasteiger partial charge in [0.05, 0.1) is 37.8 Å². The maximum absolute atomic E-state index is 13.8. The number of benzene rings is 2. The minimum absolute atomic E-state index is 0.0733. The summed E-state index contributed by atoms with van der Waals surface area (Å²) in [6.45, 7) is 6.62. The van der Waals surface area contributed by atoms with Crippen LogP contribution in [0.15, 0.2) is 65.9 Å². The van der Waals surface area contributed by atoms with E-state index in [2.05, 4.69) is 9.97 Å². The Balaban J connectivity index is 1.65. The van der Waals surface area contributed by atoms with Gasteiger partial charge < -0.3 is 9.84 Å². The minimum atomic E-state index is -0.999. The highest BCUT2D eigenvalue weighted by molar-refractivity contribution is 7.18. The third-order valence-corrected chi connectivity index (χ3v) is 8.36. The molecule has 0 saturated carbocycles. The topological polar surface area (TPSA) is 110 Å². The number of nitrogens with zero attached hydrogens (tertiary/aromatic N) is 3. The number of aromatic nitrogens is 2. The Hall–Kier alpha value is -4.15. The SMILES string of the molecule is CC(=O)c1sc(N2C(=O)C(O)=C(C(=O)c3sc(C)nc3C)C2c2cccc(Oc3ccccc3)c2)nc1C. The summed E-state index contributed by atoms with van der Waals surface area (Å²) >= 11 is 2.25. The number of aliphatic hydroxyl groups is 1. The molecule has 4 aromatic rings. The molecule has 2 aromatic heterocycles. The van der Waals surface area contributed by atoms with Gasteiger partial charge in [-0.15, -0.1) is 11.3 Å². The first-order chi connectivity index (χ1) is 18.2. The Bertz CT molecular complexity index is 1620. The van der Waals surface area contributed by atoms with Crippen LogP contribution in [0.2, 0.25) is 0 Å². The number of rotatable bonds is 7. The molecule has 0 aliphatic carbocycles. The molecule has 3 heterocycles. The van der Waals surface area contributed by atoms with E-state index in [0.717, 1.165) is 11.3 Å². The smallest absolute Gasteiger partial charge is 0.296 e. The molecule has 1 N–H and O–H groups in total. The average molecular weight is 546 g/mol. The molecule has 1 aliphatic heterocycles. The Morgan fingerprint density at radius 3 is 2.24 bits per heavy atom. The fourth-order valence-electron chi connectivity index (χ4n) is 4.40. The maximum Gasteiger partial charge on any atom is 0.296 e. The molecule has 1 amide bonds. The molecular weight excluding hydrogens is 522 g/mol. The second-order valence-electron chi connectivity index (χ2n) is 8.77. The molecular formula is C28H23N3O5S2. The summed E-state index contributed by atoms with van der Waals surface area (Å²) < 4.78 is 6.00. The lowest BCUT2D eigenvalue weighted by molar-refractivity contribution is -0.117. The van der Waals surface area contributed by atoms with Crippen LogP contribution in [0.4, 0.5) is 5.13 Å². The van der Waals surface area contributed by atoms with Gasteiger partial charge in [-0.05, 0) is 50.6 Å². The fraction of sp³-hybridized carbons (Fsp3) is 0.179. The van der Waals surface area contributed by atoms with Crippen LogP contribution in [0.5, 0.6) is 11.5 Å². The van der Waals surface area contributed by atoms with Crippen LogP contribution in [-0.4, -0.2) is 32.5 Å². The van der Waals surface area contributed by atoms with Crippen LogP contribution in [0.25, 0.3) is 0 Å². The van der Waals surface area contributed by atoms with E-state index >= 15 is 0 Å². The monoisotopic (exact) mass is 545 g/mol. The first kappa shape index (κ1) is 25.5. The summed E-state index contributed by atoms with van der Waals surface area (Å²) in [7, 11) is 0. The summed E-state index contributed by atoms with van der Waals surface area (Å²) in [5, 5.41) is 12.0. The van der Waals surface area contributed by atoms with Gasteiger partial charge in [0.25, 0.3) is 5.91 Å². The van der Waals surface area contributed by atoms with Gasteiger partial charge in [0, 0.05) is 6.92 Å². The quantitative estimate of drug-likeness (QED) is 0.271. The summed E-state index contributed by atoms with van der Waals surface area (Å²) in [6, 6.07) is 15.2. The molecule has 0 bridgehead atoms. The number of ether oxygens (including phenoxy) is 1. The van der Waals surface area contributed by atoms with Crippen molar-refractivity contribution in [3.63, 3.8) is 0 Å². The zero-order valence-corrected chi connectivity index (χ0v) is 22.6. The van der Waals surface area contributed by atoms with Crippen molar-refractivity contribution in [2.24, 2.45) is 0 Å². The van der Waals surface area contributed by atoms with Gasteiger partial charge in [-0.2, -0.15) is 0 Å². The number of carbonyl (C=O) groups excluding carboxylic acids is 3. The minimum Gasteiger partial charge on any atom is -0.503 e. The third-order valence-electron chi connectivity index (χ3n) is 6.03. The van der Waals surface area contributed by atoms with Gasteiger partial charge in [0.1, 0.15) is 11.5 Å². The number of aliphatic hydroxyl groups excluding tert-OH is 1. The molecule has 192 valence electrons. The first-order valence-corrected chi connectivity index (χ1v) is 13.4. The molecule has 0 spiro atoms. The third kappa shape index (κ3) is 4.52. The van der Waals surface area contributed by atoms with Crippen LogP contribution in [0.3, 0.4) is 0 Å². The number of thiazole rings is 2. The molecule has 8 nitrogen and oxygen atoms in total. The first-order valence-electron chi connectivity index (χ1n) is 11.7. The number of hydrogen-bond donors (Lipinski definition) is 1. The van der Waals surface area contributed by atoms with Gasteiger partial charge in [-0.3, -0.25) is 19.3 Å². The zero-order valence-electron chi connectivity index (χ0n) is 21.0. The lowest BCUT2D eigenvalue weighted by atomic mass is 9.95. The Kier molecular flexibility index (Phi) is 6.68. The van der Waals surface area contributed by atoms with Gasteiger partial charge in [-0.25, -0.2) is 9.97 Å². The lowest BCUT2D eigenvalue weighted by Crippen LogP contribution is -2.31. The van der Waals surface area contributed by atoms with Crippen molar-refractivity contribution in [3.05, 3.63) is 97.6 Å². The highest BCUT2D eigenvalue weighted by Crippen LogP contribution is 2.45. The predicted octanol–water partition coefficient (Wildman–Crippen LogP) is 6.30. The van der Waals surface area contributed by atoms with Crippen LogP contribution >= 0.6 is 22.7 Å². The van der Waals surface area contributed by atoms with Crippen LogP contribution < -0.4 is 9.64 Å². The molecule has 1 aliphatic rings. The molecule has 0 saturated heterocycles. The number of Topliss-reactive ketones (excluding diaryl/α,β-unsaturated/α-hetero) is 2. The van der Waals surface area contributed by atoms with Crippen molar-refractivity contribution in [1.82, 2.24) is 9.97 Å². The van der Waals surface area contributed by atoms with E-state index < -0.39 is 23.5 Å². The summed E-state index contributed by atoms with van der Waals surface area (Å²) in [5.41, 5.74) is 1.46.